The van der Waals surface area contributed by atoms with Gasteiger partial charge in [-0.15, -0.1) is 0 Å². The van der Waals surface area contributed by atoms with Gasteiger partial charge in [-0.25, -0.2) is 4.79 Å². The van der Waals surface area contributed by atoms with Crippen LogP contribution >= 0.6 is 0 Å². The van der Waals surface area contributed by atoms with Gasteiger partial charge in [0.1, 0.15) is 5.60 Å². The maximum Gasteiger partial charge on any atom is 0.407 e. The highest BCUT2D eigenvalue weighted by Crippen LogP contribution is 2.27. The third-order valence-corrected chi connectivity index (χ3v) is 3.85. The normalized spacial score (nSPS) is 22.1. The largest absolute Gasteiger partial charge is 0.444 e. The number of nitrogens with one attached hydrogen (secondary N) is 2. The van der Waals surface area contributed by atoms with E-state index < -0.39 is 5.60 Å². The molecule has 0 aromatic heterocycles. The summed E-state index contributed by atoms with van der Waals surface area (Å²) in [5.74, 6) is 0. The molecule has 1 aliphatic carbocycles. The zero-order valence-corrected chi connectivity index (χ0v) is 14.5. The van der Waals surface area contributed by atoms with E-state index in [0.717, 1.165) is 6.42 Å². The van der Waals surface area contributed by atoms with E-state index in [2.05, 4.69) is 49.6 Å². The maximum absolute atomic E-state index is 11.7. The van der Waals surface area contributed by atoms with Crippen LogP contribution in [0, 0.1) is 13.8 Å². The summed E-state index contributed by atoms with van der Waals surface area (Å²) < 4.78 is 5.28. The Balaban J connectivity index is 1.82. The lowest BCUT2D eigenvalue weighted by Crippen LogP contribution is -2.37. The van der Waals surface area contributed by atoms with Crippen LogP contribution in [0.3, 0.4) is 0 Å². The molecule has 0 spiro atoms. The Labute approximate surface area is 133 Å². The average Bonchev–Trinajstić information content (AvgIpc) is 3.03. The van der Waals surface area contributed by atoms with E-state index in [4.69, 9.17) is 4.74 Å². The van der Waals surface area contributed by atoms with Crippen molar-refractivity contribution in [2.75, 3.05) is 0 Å². The quantitative estimate of drug-likeness (QED) is 0.893. The summed E-state index contributed by atoms with van der Waals surface area (Å²) in [6.07, 6.45) is 0.620. The molecule has 0 bridgehead atoms. The summed E-state index contributed by atoms with van der Waals surface area (Å²) in [5.41, 5.74) is 3.45. The minimum atomic E-state index is -0.450. The number of alkyl carbamates (subject to hydrolysis) is 1. The summed E-state index contributed by atoms with van der Waals surface area (Å²) in [7, 11) is 0. The van der Waals surface area contributed by atoms with Gasteiger partial charge in [0.05, 0.1) is 0 Å². The molecule has 1 amide bonds. The highest BCUT2D eigenvalue weighted by atomic mass is 16.6. The van der Waals surface area contributed by atoms with Gasteiger partial charge in [-0.2, -0.15) is 0 Å². The first-order valence-corrected chi connectivity index (χ1v) is 7.98. The van der Waals surface area contributed by atoms with E-state index >= 15 is 0 Å². The molecule has 1 aromatic rings. The van der Waals surface area contributed by atoms with Gasteiger partial charge in [-0.3, -0.25) is 0 Å². The van der Waals surface area contributed by atoms with E-state index in [-0.39, 0.29) is 18.2 Å². The van der Waals surface area contributed by atoms with Gasteiger partial charge < -0.3 is 15.4 Å². The molecule has 22 heavy (non-hydrogen) atoms. The van der Waals surface area contributed by atoms with Crippen molar-refractivity contribution in [1.82, 2.24) is 10.6 Å². The molecule has 4 heteroatoms. The summed E-state index contributed by atoms with van der Waals surface area (Å²) in [5, 5.41) is 6.50. The Morgan fingerprint density at radius 2 is 1.95 bits per heavy atom. The SMILES string of the molecule is Cc1ccc(C(C)NC2CC2NC(=O)OC(C)(C)C)c(C)c1. The van der Waals surface area contributed by atoms with Crippen molar-refractivity contribution < 1.29 is 9.53 Å². The molecule has 3 unspecified atom stereocenters. The second kappa shape index (κ2) is 6.29. The number of benzene rings is 1. The monoisotopic (exact) mass is 304 g/mol. The summed E-state index contributed by atoms with van der Waals surface area (Å²) >= 11 is 0. The van der Waals surface area contributed by atoms with Gasteiger partial charge in [0.15, 0.2) is 0 Å². The predicted octanol–water partition coefficient (Wildman–Crippen LogP) is 3.62. The Morgan fingerprint density at radius 1 is 1.27 bits per heavy atom. The topological polar surface area (TPSA) is 50.4 Å². The van der Waals surface area contributed by atoms with Crippen LogP contribution in [-0.4, -0.2) is 23.8 Å². The second-order valence-corrected chi connectivity index (χ2v) is 7.34. The summed E-state index contributed by atoms with van der Waals surface area (Å²) in [6.45, 7) is 12.0. The first kappa shape index (κ1) is 16.8. The van der Waals surface area contributed by atoms with Crippen molar-refractivity contribution in [1.29, 1.82) is 0 Å². The molecular formula is C18H28N2O2. The van der Waals surface area contributed by atoms with Gasteiger partial charge >= 0.3 is 6.09 Å². The minimum absolute atomic E-state index is 0.169. The number of hydrogen-bond donors (Lipinski definition) is 2. The Hall–Kier alpha value is -1.55. The van der Waals surface area contributed by atoms with Crippen molar-refractivity contribution in [3.8, 4) is 0 Å². The molecule has 1 aliphatic rings. The first-order valence-electron chi connectivity index (χ1n) is 7.98. The van der Waals surface area contributed by atoms with Gasteiger partial charge in [0.25, 0.3) is 0 Å². The molecule has 2 N–H and O–H groups in total. The van der Waals surface area contributed by atoms with Gasteiger partial charge in [0, 0.05) is 18.1 Å². The van der Waals surface area contributed by atoms with Gasteiger partial charge in [-0.05, 0) is 59.1 Å². The van der Waals surface area contributed by atoms with Crippen molar-refractivity contribution in [3.05, 3.63) is 34.9 Å². The van der Waals surface area contributed by atoms with Gasteiger partial charge in [-0.1, -0.05) is 23.8 Å². The Bertz CT molecular complexity index is 549. The average molecular weight is 304 g/mol. The maximum atomic E-state index is 11.7. The lowest BCUT2D eigenvalue weighted by Gasteiger charge is -2.20. The van der Waals surface area contributed by atoms with Crippen LogP contribution in [0.1, 0.15) is 56.8 Å². The molecular weight excluding hydrogens is 276 g/mol. The highest BCUT2D eigenvalue weighted by molar-refractivity contribution is 5.68. The molecule has 1 fully saturated rings. The van der Waals surface area contributed by atoms with E-state index in [9.17, 15) is 4.79 Å². The molecule has 1 aromatic carbocycles. The minimum Gasteiger partial charge on any atom is -0.444 e. The van der Waals surface area contributed by atoms with E-state index in [1.165, 1.54) is 16.7 Å². The van der Waals surface area contributed by atoms with Crippen molar-refractivity contribution in [2.45, 2.75) is 71.7 Å². The lowest BCUT2D eigenvalue weighted by molar-refractivity contribution is 0.0522. The van der Waals surface area contributed by atoms with Gasteiger partial charge in [0.2, 0.25) is 0 Å². The van der Waals surface area contributed by atoms with E-state index in [1.54, 1.807) is 0 Å². The first-order chi connectivity index (χ1) is 10.2. The van der Waals surface area contributed by atoms with Crippen LogP contribution in [0.25, 0.3) is 0 Å². The smallest absolute Gasteiger partial charge is 0.407 e. The number of aryl methyl sites for hydroxylation is 2. The Morgan fingerprint density at radius 3 is 2.55 bits per heavy atom. The van der Waals surface area contributed by atoms with E-state index in [1.807, 2.05) is 20.8 Å². The van der Waals surface area contributed by atoms with Crippen molar-refractivity contribution in [3.63, 3.8) is 0 Å². The number of amides is 1. The standard InChI is InChI=1S/C18H28N2O2/c1-11-7-8-14(12(2)9-11)13(3)19-15-10-16(15)20-17(21)22-18(4,5)6/h7-9,13,15-16,19H,10H2,1-6H3,(H,20,21). The third-order valence-electron chi connectivity index (χ3n) is 3.85. The molecule has 1 saturated carbocycles. The van der Waals surface area contributed by atoms with Crippen LogP contribution < -0.4 is 10.6 Å². The van der Waals surface area contributed by atoms with Crippen molar-refractivity contribution in [2.24, 2.45) is 0 Å². The van der Waals surface area contributed by atoms with Crippen LogP contribution in [0.15, 0.2) is 18.2 Å². The molecule has 0 saturated heterocycles. The molecule has 122 valence electrons. The molecule has 0 heterocycles. The van der Waals surface area contributed by atoms with Crippen LogP contribution in [0.2, 0.25) is 0 Å². The molecule has 3 atom stereocenters. The number of carbonyl (C=O) groups excluding carboxylic acids is 1. The molecule has 0 aliphatic heterocycles. The predicted molar refractivity (Wildman–Crippen MR) is 89.0 cm³/mol. The van der Waals surface area contributed by atoms with Crippen molar-refractivity contribution >= 4 is 6.09 Å². The number of ether oxygens (including phenoxy) is 1. The fourth-order valence-electron chi connectivity index (χ4n) is 2.72. The van der Waals surface area contributed by atoms with Crippen LogP contribution in [0.4, 0.5) is 4.79 Å². The molecule has 2 rings (SSSR count). The zero-order valence-electron chi connectivity index (χ0n) is 14.5. The van der Waals surface area contributed by atoms with Crippen LogP contribution in [-0.2, 0) is 4.74 Å². The lowest BCUT2D eigenvalue weighted by atomic mass is 10.0. The summed E-state index contributed by atoms with van der Waals surface area (Å²) in [6, 6.07) is 7.30. The molecule has 4 nitrogen and oxygen atoms in total. The Kier molecular flexibility index (Phi) is 4.81. The molecule has 0 radical (unpaired) electrons. The zero-order chi connectivity index (χ0) is 16.5. The fraction of sp³-hybridized carbons (Fsp3) is 0.611. The fourth-order valence-corrected chi connectivity index (χ4v) is 2.72. The number of carbonyl (C=O) groups is 1. The van der Waals surface area contributed by atoms with E-state index in [0.29, 0.717) is 6.04 Å². The number of hydrogen-bond acceptors (Lipinski definition) is 3. The summed E-state index contributed by atoms with van der Waals surface area (Å²) in [4.78, 5) is 11.7. The second-order valence-electron chi connectivity index (χ2n) is 7.34. The third kappa shape index (κ3) is 4.73. The number of rotatable bonds is 4. The van der Waals surface area contributed by atoms with Crippen LogP contribution in [0.5, 0.6) is 0 Å². The highest BCUT2D eigenvalue weighted by Gasteiger charge is 2.40.